The molecule has 1 aliphatic carbocycles. The first-order valence-electron chi connectivity index (χ1n) is 3.83. The van der Waals surface area contributed by atoms with Crippen LogP contribution < -0.4 is 0 Å². The Labute approximate surface area is 60.8 Å². The van der Waals surface area contributed by atoms with Crippen molar-refractivity contribution in [1.29, 1.82) is 0 Å². The van der Waals surface area contributed by atoms with Crippen molar-refractivity contribution in [2.45, 2.75) is 25.0 Å². The molecule has 2 aliphatic rings. The van der Waals surface area contributed by atoms with Gasteiger partial charge in [-0.3, -0.25) is 0 Å². The molecule has 0 bridgehead atoms. The van der Waals surface area contributed by atoms with E-state index in [4.69, 9.17) is 9.47 Å². The van der Waals surface area contributed by atoms with Gasteiger partial charge in [0.1, 0.15) is 6.10 Å². The zero-order valence-electron chi connectivity index (χ0n) is 5.95. The maximum absolute atomic E-state index is 5.54. The van der Waals surface area contributed by atoms with Gasteiger partial charge >= 0.3 is 0 Å². The summed E-state index contributed by atoms with van der Waals surface area (Å²) >= 11 is 0. The molecular weight excluding hydrogens is 128 g/mol. The molecule has 1 heterocycles. The lowest BCUT2D eigenvalue weighted by Gasteiger charge is -2.08. The van der Waals surface area contributed by atoms with Gasteiger partial charge in [0.15, 0.2) is 0 Å². The molecule has 10 heavy (non-hydrogen) atoms. The first kappa shape index (κ1) is 6.38. The lowest BCUT2D eigenvalue weighted by molar-refractivity contribution is 0.0511. The molecule has 0 radical (unpaired) electrons. The van der Waals surface area contributed by atoms with Crippen molar-refractivity contribution < 1.29 is 9.47 Å². The molecule has 1 saturated heterocycles. The fourth-order valence-corrected chi connectivity index (χ4v) is 1.14. The minimum absolute atomic E-state index is 0.417. The van der Waals surface area contributed by atoms with Gasteiger partial charge in [-0.1, -0.05) is 12.2 Å². The highest BCUT2D eigenvalue weighted by Crippen LogP contribution is 2.16. The average Bonchev–Trinajstić information content (AvgIpc) is 2.63. The third kappa shape index (κ3) is 1.58. The summed E-state index contributed by atoms with van der Waals surface area (Å²) in [4.78, 5) is 0. The van der Waals surface area contributed by atoms with Crippen LogP contribution in [0.4, 0.5) is 0 Å². The van der Waals surface area contributed by atoms with Crippen LogP contribution in [0.5, 0.6) is 0 Å². The normalized spacial score (nSPS) is 31.4. The number of hydrogen-bond donors (Lipinski definition) is 0. The highest BCUT2D eigenvalue weighted by Gasteiger charge is 2.24. The van der Waals surface area contributed by atoms with E-state index in [1.165, 1.54) is 0 Å². The molecular formula is C8H12O2. The van der Waals surface area contributed by atoms with Gasteiger partial charge in [-0.25, -0.2) is 0 Å². The fraction of sp³-hybridized carbons (Fsp3) is 0.750. The van der Waals surface area contributed by atoms with Gasteiger partial charge in [-0.15, -0.1) is 0 Å². The number of hydrogen-bond acceptors (Lipinski definition) is 2. The van der Waals surface area contributed by atoms with Crippen LogP contribution in [0, 0.1) is 0 Å². The summed E-state index contributed by atoms with van der Waals surface area (Å²) in [6.07, 6.45) is 7.40. The molecule has 0 aromatic rings. The molecule has 1 aliphatic heterocycles. The van der Waals surface area contributed by atoms with Crippen molar-refractivity contribution in [3.63, 3.8) is 0 Å². The summed E-state index contributed by atoms with van der Waals surface area (Å²) in [5.74, 6) is 0. The minimum atomic E-state index is 0.417. The molecule has 0 saturated carbocycles. The molecule has 1 fully saturated rings. The number of epoxide rings is 1. The van der Waals surface area contributed by atoms with Gasteiger partial charge in [0.2, 0.25) is 0 Å². The molecule has 1 atom stereocenters. The van der Waals surface area contributed by atoms with Gasteiger partial charge in [0.05, 0.1) is 19.3 Å². The molecule has 0 aromatic heterocycles. The Morgan fingerprint density at radius 2 is 2.10 bits per heavy atom. The van der Waals surface area contributed by atoms with E-state index in [0.29, 0.717) is 12.2 Å². The summed E-state index contributed by atoms with van der Waals surface area (Å²) < 4.78 is 10.6. The van der Waals surface area contributed by atoms with E-state index in [1.54, 1.807) is 0 Å². The molecule has 0 aromatic carbocycles. The van der Waals surface area contributed by atoms with Crippen LogP contribution in [0.3, 0.4) is 0 Å². The van der Waals surface area contributed by atoms with Crippen LogP contribution in [-0.4, -0.2) is 25.4 Å². The summed E-state index contributed by atoms with van der Waals surface area (Å²) in [7, 11) is 0. The molecule has 0 N–H and O–H groups in total. The third-order valence-electron chi connectivity index (χ3n) is 1.88. The van der Waals surface area contributed by atoms with Crippen molar-refractivity contribution in [1.82, 2.24) is 0 Å². The van der Waals surface area contributed by atoms with Crippen LogP contribution in [0.25, 0.3) is 0 Å². The topological polar surface area (TPSA) is 21.8 Å². The number of ether oxygens (including phenoxy) is 2. The van der Waals surface area contributed by atoms with Crippen molar-refractivity contribution >= 4 is 0 Å². The predicted molar refractivity (Wildman–Crippen MR) is 37.9 cm³/mol. The quantitative estimate of drug-likeness (QED) is 0.433. The SMILES string of the molecule is C1=CCC(OCC2CO2)C1. The van der Waals surface area contributed by atoms with Crippen molar-refractivity contribution in [3.8, 4) is 0 Å². The maximum Gasteiger partial charge on any atom is 0.104 e. The van der Waals surface area contributed by atoms with Gasteiger partial charge in [-0.05, 0) is 12.8 Å². The number of rotatable bonds is 3. The molecule has 2 rings (SSSR count). The zero-order valence-corrected chi connectivity index (χ0v) is 5.95. The van der Waals surface area contributed by atoms with E-state index in [2.05, 4.69) is 12.2 Å². The van der Waals surface area contributed by atoms with E-state index in [-0.39, 0.29) is 0 Å². The lowest BCUT2D eigenvalue weighted by Crippen LogP contribution is -2.12. The van der Waals surface area contributed by atoms with Gasteiger partial charge in [0.25, 0.3) is 0 Å². The first-order valence-corrected chi connectivity index (χ1v) is 3.83. The summed E-state index contributed by atoms with van der Waals surface area (Å²) in [5, 5.41) is 0. The second-order valence-electron chi connectivity index (χ2n) is 2.85. The highest BCUT2D eigenvalue weighted by atomic mass is 16.6. The monoisotopic (exact) mass is 140 g/mol. The zero-order chi connectivity index (χ0) is 6.81. The summed E-state index contributed by atoms with van der Waals surface area (Å²) in [6, 6.07) is 0. The second kappa shape index (κ2) is 2.72. The maximum atomic E-state index is 5.54. The van der Waals surface area contributed by atoms with Crippen molar-refractivity contribution in [2.24, 2.45) is 0 Å². The minimum Gasteiger partial charge on any atom is -0.375 e. The fourth-order valence-electron chi connectivity index (χ4n) is 1.14. The smallest absolute Gasteiger partial charge is 0.104 e. The van der Waals surface area contributed by atoms with Crippen molar-refractivity contribution in [3.05, 3.63) is 12.2 Å². The van der Waals surface area contributed by atoms with Gasteiger partial charge in [0, 0.05) is 0 Å². The van der Waals surface area contributed by atoms with E-state index >= 15 is 0 Å². The first-order chi connectivity index (χ1) is 4.95. The summed E-state index contributed by atoms with van der Waals surface area (Å²) in [5.41, 5.74) is 0. The Morgan fingerprint density at radius 1 is 1.40 bits per heavy atom. The van der Waals surface area contributed by atoms with Crippen LogP contribution in [-0.2, 0) is 9.47 Å². The van der Waals surface area contributed by atoms with E-state index < -0.39 is 0 Å². The Balaban J connectivity index is 1.61. The molecule has 2 nitrogen and oxygen atoms in total. The molecule has 0 spiro atoms. The van der Waals surface area contributed by atoms with E-state index in [1.807, 2.05) is 0 Å². The van der Waals surface area contributed by atoms with Crippen LogP contribution in [0.1, 0.15) is 12.8 Å². The molecule has 2 heteroatoms. The molecule has 1 unspecified atom stereocenters. The van der Waals surface area contributed by atoms with Crippen LogP contribution in [0.2, 0.25) is 0 Å². The Kier molecular flexibility index (Phi) is 1.74. The largest absolute Gasteiger partial charge is 0.375 e. The van der Waals surface area contributed by atoms with Crippen LogP contribution >= 0.6 is 0 Å². The lowest BCUT2D eigenvalue weighted by atomic mass is 10.3. The van der Waals surface area contributed by atoms with E-state index in [9.17, 15) is 0 Å². The molecule has 0 amide bonds. The average molecular weight is 140 g/mol. The van der Waals surface area contributed by atoms with Crippen molar-refractivity contribution in [2.75, 3.05) is 13.2 Å². The van der Waals surface area contributed by atoms with Crippen LogP contribution in [0.15, 0.2) is 12.2 Å². The van der Waals surface area contributed by atoms with Gasteiger partial charge < -0.3 is 9.47 Å². The standard InChI is InChI=1S/C8H12O2/c1-2-4-7(3-1)9-5-8-6-10-8/h1-2,7-8H,3-6H2. The Hall–Kier alpha value is -0.340. The Bertz CT molecular complexity index is 130. The predicted octanol–water partition coefficient (Wildman–Crippen LogP) is 1.12. The summed E-state index contributed by atoms with van der Waals surface area (Å²) in [6.45, 7) is 1.70. The van der Waals surface area contributed by atoms with E-state index in [0.717, 1.165) is 26.1 Å². The Morgan fingerprint density at radius 3 is 2.70 bits per heavy atom. The van der Waals surface area contributed by atoms with Gasteiger partial charge in [-0.2, -0.15) is 0 Å². The second-order valence-corrected chi connectivity index (χ2v) is 2.85. The highest BCUT2D eigenvalue weighted by molar-refractivity contribution is 4.95. The molecule has 56 valence electrons. The third-order valence-corrected chi connectivity index (χ3v) is 1.88.